The Morgan fingerprint density at radius 1 is 1.27 bits per heavy atom. The molecule has 1 fully saturated rings. The Labute approximate surface area is 172 Å². The summed E-state index contributed by atoms with van der Waals surface area (Å²) in [5.41, 5.74) is 6.84. The number of fused-ring (bicyclic) bond motifs is 1. The van der Waals surface area contributed by atoms with Crippen LogP contribution in [0.3, 0.4) is 0 Å². The lowest BCUT2D eigenvalue weighted by Gasteiger charge is -2.44. The van der Waals surface area contributed by atoms with Crippen molar-refractivity contribution in [1.82, 2.24) is 19.5 Å². The first kappa shape index (κ1) is 20.5. The summed E-state index contributed by atoms with van der Waals surface area (Å²) in [6.07, 6.45) is 3.80. The summed E-state index contributed by atoms with van der Waals surface area (Å²) in [5, 5.41) is 9.64. The number of aliphatic hydroxyl groups is 1. The smallest absolute Gasteiger partial charge is 0.497 e. The van der Waals surface area contributed by atoms with Crippen LogP contribution in [-0.4, -0.2) is 49.8 Å². The van der Waals surface area contributed by atoms with E-state index in [1.54, 1.807) is 18.5 Å². The predicted octanol–water partition coefficient (Wildman–Crippen LogP) is 1.78. The second-order valence-corrected chi connectivity index (χ2v) is 8.41. The van der Waals surface area contributed by atoms with Gasteiger partial charge in [-0.2, -0.15) is 4.98 Å². The van der Waals surface area contributed by atoms with Gasteiger partial charge in [0.2, 0.25) is 5.95 Å². The van der Waals surface area contributed by atoms with Crippen molar-refractivity contribution in [2.45, 2.75) is 12.5 Å². The van der Waals surface area contributed by atoms with E-state index in [9.17, 15) is 14.6 Å². The number of nitrogen functional groups attached to an aromatic ring is 1. The van der Waals surface area contributed by atoms with Crippen LogP contribution in [0.4, 0.5) is 5.95 Å². The van der Waals surface area contributed by atoms with E-state index in [0.717, 1.165) is 0 Å². The number of methoxy groups -OCH3 is 1. The van der Waals surface area contributed by atoms with Crippen molar-refractivity contribution in [2.75, 3.05) is 26.1 Å². The number of benzene rings is 1. The van der Waals surface area contributed by atoms with Crippen molar-refractivity contribution in [2.24, 2.45) is 11.8 Å². The third kappa shape index (κ3) is 4.10. The zero-order chi connectivity index (χ0) is 21.3. The molecule has 1 aliphatic carbocycles. The molecule has 0 saturated heterocycles. The van der Waals surface area contributed by atoms with E-state index in [1.807, 2.05) is 4.57 Å². The van der Waals surface area contributed by atoms with Crippen LogP contribution in [0, 0.1) is 11.8 Å². The summed E-state index contributed by atoms with van der Waals surface area (Å²) in [7, 11) is -2.84. The SMILES string of the molecule is COc1ccc(OP(=O)(O)OC[C@H]2[C@@H](CO)C[C@H]2n2cnc3cnc(N)nc32)cc1. The molecular formula is C18H22N5O6P. The minimum absolute atomic E-state index is 0.0661. The highest BCUT2D eigenvalue weighted by Crippen LogP contribution is 2.50. The summed E-state index contributed by atoms with van der Waals surface area (Å²) in [4.78, 5) is 22.5. The Balaban J connectivity index is 1.45. The maximum atomic E-state index is 12.4. The maximum absolute atomic E-state index is 12.4. The highest BCUT2D eigenvalue weighted by atomic mass is 31.2. The van der Waals surface area contributed by atoms with Crippen LogP contribution in [0.25, 0.3) is 11.2 Å². The molecule has 30 heavy (non-hydrogen) atoms. The van der Waals surface area contributed by atoms with Crippen molar-refractivity contribution in [3.8, 4) is 11.5 Å². The van der Waals surface area contributed by atoms with Gasteiger partial charge < -0.3 is 24.7 Å². The number of rotatable bonds is 8. The summed E-state index contributed by atoms with van der Waals surface area (Å²) in [6, 6.07) is 6.11. The molecular weight excluding hydrogens is 413 g/mol. The second kappa shape index (κ2) is 8.19. The highest BCUT2D eigenvalue weighted by Gasteiger charge is 2.44. The molecule has 0 aliphatic heterocycles. The average Bonchev–Trinajstić information content (AvgIpc) is 3.10. The molecule has 3 aromatic rings. The first-order valence-electron chi connectivity index (χ1n) is 9.27. The molecule has 11 nitrogen and oxygen atoms in total. The number of hydrogen-bond acceptors (Lipinski definition) is 9. The first-order valence-corrected chi connectivity index (χ1v) is 10.8. The van der Waals surface area contributed by atoms with Crippen LogP contribution in [0.2, 0.25) is 0 Å². The van der Waals surface area contributed by atoms with E-state index in [0.29, 0.717) is 23.3 Å². The molecule has 12 heteroatoms. The zero-order valence-electron chi connectivity index (χ0n) is 16.2. The number of hydrogen-bond donors (Lipinski definition) is 3. The standard InChI is InChI=1S/C18H22N5O6P/c1-27-12-2-4-13(5-3-12)29-30(25,26)28-9-14-11(8-24)6-16(14)23-10-21-15-7-20-18(19)22-17(15)23/h2-5,7,10-11,14,16,24H,6,8-9H2,1H3,(H,25,26)(H2,19,20,22)/t11-,14+,16-/m1/s1. The van der Waals surface area contributed by atoms with Gasteiger partial charge in [-0.15, -0.1) is 0 Å². The molecule has 0 bridgehead atoms. The molecule has 4 N–H and O–H groups in total. The second-order valence-electron chi connectivity index (χ2n) is 7.03. The van der Waals surface area contributed by atoms with Gasteiger partial charge in [0.05, 0.1) is 26.2 Å². The number of nitrogens with zero attached hydrogens (tertiary/aromatic N) is 4. The Morgan fingerprint density at radius 2 is 2.00 bits per heavy atom. The number of imidazole rings is 1. The fraction of sp³-hybridized carbons (Fsp3) is 0.389. The van der Waals surface area contributed by atoms with Gasteiger partial charge in [-0.1, -0.05) is 0 Å². The number of phosphoric ester groups is 1. The van der Waals surface area contributed by atoms with Gasteiger partial charge in [0, 0.05) is 18.6 Å². The lowest BCUT2D eigenvalue weighted by molar-refractivity contribution is -0.00476. The van der Waals surface area contributed by atoms with Gasteiger partial charge in [0.15, 0.2) is 5.65 Å². The molecule has 0 spiro atoms. The number of ether oxygens (including phenoxy) is 1. The average molecular weight is 435 g/mol. The van der Waals surface area contributed by atoms with Crippen molar-refractivity contribution >= 4 is 24.9 Å². The van der Waals surface area contributed by atoms with E-state index in [2.05, 4.69) is 15.0 Å². The quantitative estimate of drug-likeness (QED) is 0.446. The van der Waals surface area contributed by atoms with Crippen LogP contribution < -0.4 is 15.0 Å². The molecule has 0 amide bonds. The minimum atomic E-state index is -4.36. The number of phosphoric acid groups is 1. The normalized spacial score (nSPS) is 23.0. The van der Waals surface area contributed by atoms with Crippen LogP contribution in [0.1, 0.15) is 12.5 Å². The Morgan fingerprint density at radius 3 is 2.70 bits per heavy atom. The molecule has 1 aliphatic rings. The third-order valence-corrected chi connectivity index (χ3v) is 6.20. The minimum Gasteiger partial charge on any atom is -0.497 e. The Bertz CT molecular complexity index is 1070. The van der Waals surface area contributed by atoms with Crippen LogP contribution in [0.15, 0.2) is 36.8 Å². The van der Waals surface area contributed by atoms with Crippen molar-refractivity contribution in [3.63, 3.8) is 0 Å². The fourth-order valence-corrected chi connectivity index (χ4v) is 4.42. The molecule has 1 unspecified atom stereocenters. The molecule has 1 aromatic carbocycles. The topological polar surface area (TPSA) is 155 Å². The molecule has 4 rings (SSSR count). The van der Waals surface area contributed by atoms with E-state index in [1.165, 1.54) is 25.4 Å². The van der Waals surface area contributed by atoms with Gasteiger partial charge in [0.1, 0.15) is 17.0 Å². The lowest BCUT2D eigenvalue weighted by Crippen LogP contribution is -2.43. The number of anilines is 1. The maximum Gasteiger partial charge on any atom is 0.527 e. The van der Waals surface area contributed by atoms with Crippen LogP contribution in [0.5, 0.6) is 11.5 Å². The number of nitrogens with two attached hydrogens (primary N) is 1. The fourth-order valence-electron chi connectivity index (χ4n) is 3.61. The van der Waals surface area contributed by atoms with Crippen molar-refractivity contribution in [3.05, 3.63) is 36.8 Å². The van der Waals surface area contributed by atoms with Crippen molar-refractivity contribution in [1.29, 1.82) is 0 Å². The molecule has 160 valence electrons. The van der Waals surface area contributed by atoms with Gasteiger partial charge in [-0.05, 0) is 36.6 Å². The summed E-state index contributed by atoms with van der Waals surface area (Å²) >= 11 is 0. The van der Waals surface area contributed by atoms with Gasteiger partial charge in [0.25, 0.3) is 0 Å². The number of aromatic nitrogens is 4. The van der Waals surface area contributed by atoms with E-state index < -0.39 is 7.82 Å². The summed E-state index contributed by atoms with van der Waals surface area (Å²) in [6.45, 7) is -0.149. The molecule has 2 aromatic heterocycles. The van der Waals surface area contributed by atoms with Gasteiger partial charge >= 0.3 is 7.82 Å². The molecule has 0 radical (unpaired) electrons. The first-order chi connectivity index (χ1) is 14.4. The van der Waals surface area contributed by atoms with E-state index in [-0.39, 0.29) is 42.8 Å². The lowest BCUT2D eigenvalue weighted by atomic mass is 9.70. The monoisotopic (exact) mass is 435 g/mol. The molecule has 2 heterocycles. The molecule has 4 atom stereocenters. The van der Waals surface area contributed by atoms with Crippen LogP contribution in [-0.2, 0) is 9.09 Å². The van der Waals surface area contributed by atoms with Crippen LogP contribution >= 0.6 is 7.82 Å². The summed E-state index contributed by atoms with van der Waals surface area (Å²) < 4.78 is 29.6. The van der Waals surface area contributed by atoms with E-state index >= 15 is 0 Å². The van der Waals surface area contributed by atoms with E-state index in [4.69, 9.17) is 19.5 Å². The highest BCUT2D eigenvalue weighted by molar-refractivity contribution is 7.47. The van der Waals surface area contributed by atoms with Gasteiger partial charge in [-0.3, -0.25) is 9.42 Å². The van der Waals surface area contributed by atoms with Crippen molar-refractivity contribution < 1.29 is 28.3 Å². The zero-order valence-corrected chi connectivity index (χ0v) is 17.1. The Hall–Kier alpha value is -2.72. The molecule has 1 saturated carbocycles. The number of aliphatic hydroxyl groups excluding tert-OH is 1. The predicted molar refractivity (Wildman–Crippen MR) is 107 cm³/mol. The summed E-state index contributed by atoms with van der Waals surface area (Å²) in [5.74, 6) is 0.577. The largest absolute Gasteiger partial charge is 0.527 e. The Kier molecular flexibility index (Phi) is 5.61. The van der Waals surface area contributed by atoms with Gasteiger partial charge in [-0.25, -0.2) is 14.5 Å². The third-order valence-electron chi connectivity index (χ3n) is 5.28.